The highest BCUT2D eigenvalue weighted by molar-refractivity contribution is 5.94. The number of amides is 1. The minimum Gasteiger partial charge on any atom is -0.349 e. The van der Waals surface area contributed by atoms with Gasteiger partial charge in [-0.1, -0.05) is 26.0 Å². The van der Waals surface area contributed by atoms with Crippen molar-refractivity contribution < 1.29 is 4.79 Å². The number of anilines is 2. The molecule has 5 heteroatoms. The molecular formula is C17H20N4O. The summed E-state index contributed by atoms with van der Waals surface area (Å²) in [6.45, 7) is 4.33. The van der Waals surface area contributed by atoms with E-state index in [-0.39, 0.29) is 5.91 Å². The molecule has 22 heavy (non-hydrogen) atoms. The molecule has 1 aliphatic rings. The van der Waals surface area contributed by atoms with Gasteiger partial charge in [-0.3, -0.25) is 4.79 Å². The molecule has 114 valence electrons. The maximum Gasteiger partial charge on any atom is 0.254 e. The number of carbonyl (C=O) groups is 1. The third-order valence-electron chi connectivity index (χ3n) is 3.66. The van der Waals surface area contributed by atoms with Crippen LogP contribution in [0, 0.1) is 0 Å². The Kier molecular flexibility index (Phi) is 4.04. The Morgan fingerprint density at radius 3 is 2.32 bits per heavy atom. The Hall–Kier alpha value is -2.43. The zero-order valence-electron chi connectivity index (χ0n) is 12.8. The largest absolute Gasteiger partial charge is 0.349 e. The first kappa shape index (κ1) is 14.5. The molecule has 1 heterocycles. The lowest BCUT2D eigenvalue weighted by molar-refractivity contribution is 0.0950. The lowest BCUT2D eigenvalue weighted by atomic mass is 10.0. The predicted octanol–water partition coefficient (Wildman–Crippen LogP) is 3.24. The van der Waals surface area contributed by atoms with Crippen molar-refractivity contribution in [1.29, 1.82) is 0 Å². The van der Waals surface area contributed by atoms with Crippen molar-refractivity contribution in [3.63, 3.8) is 0 Å². The van der Waals surface area contributed by atoms with E-state index in [4.69, 9.17) is 0 Å². The van der Waals surface area contributed by atoms with Crippen LogP contribution in [0.5, 0.6) is 0 Å². The minimum absolute atomic E-state index is 0.102. The summed E-state index contributed by atoms with van der Waals surface area (Å²) in [5.74, 6) is 0.894. The van der Waals surface area contributed by atoms with Gasteiger partial charge in [0.1, 0.15) is 0 Å². The van der Waals surface area contributed by atoms with Crippen LogP contribution >= 0.6 is 0 Å². The zero-order chi connectivity index (χ0) is 15.5. The Bertz CT molecular complexity index is 645. The van der Waals surface area contributed by atoms with E-state index < -0.39 is 0 Å². The van der Waals surface area contributed by atoms with Crippen LogP contribution in [0.4, 0.5) is 11.6 Å². The Labute approximate surface area is 130 Å². The molecule has 1 saturated carbocycles. The van der Waals surface area contributed by atoms with E-state index in [2.05, 4.69) is 46.6 Å². The van der Waals surface area contributed by atoms with Gasteiger partial charge >= 0.3 is 0 Å². The molecule has 2 aromatic rings. The number of rotatable bonds is 5. The summed E-state index contributed by atoms with van der Waals surface area (Å²) in [5.41, 5.74) is 2.71. The predicted molar refractivity (Wildman–Crippen MR) is 86.3 cm³/mol. The van der Waals surface area contributed by atoms with Crippen LogP contribution in [0.1, 0.15) is 48.5 Å². The van der Waals surface area contributed by atoms with Crippen molar-refractivity contribution in [3.05, 3.63) is 47.8 Å². The molecule has 2 N–H and O–H groups in total. The van der Waals surface area contributed by atoms with Crippen molar-refractivity contribution in [2.24, 2.45) is 0 Å². The highest BCUT2D eigenvalue weighted by Gasteiger charge is 2.23. The third-order valence-corrected chi connectivity index (χ3v) is 3.66. The van der Waals surface area contributed by atoms with Gasteiger partial charge in [0.2, 0.25) is 5.95 Å². The van der Waals surface area contributed by atoms with Crippen molar-refractivity contribution >= 4 is 17.5 Å². The van der Waals surface area contributed by atoms with Gasteiger partial charge in [0, 0.05) is 24.1 Å². The van der Waals surface area contributed by atoms with E-state index in [0.29, 0.717) is 23.5 Å². The van der Waals surface area contributed by atoms with Crippen LogP contribution in [-0.2, 0) is 0 Å². The molecule has 1 aliphatic carbocycles. The highest BCUT2D eigenvalue weighted by atomic mass is 16.1. The van der Waals surface area contributed by atoms with E-state index in [9.17, 15) is 4.79 Å². The first-order valence-corrected chi connectivity index (χ1v) is 7.62. The van der Waals surface area contributed by atoms with E-state index in [1.165, 1.54) is 5.56 Å². The van der Waals surface area contributed by atoms with Crippen LogP contribution in [0.3, 0.4) is 0 Å². The highest BCUT2D eigenvalue weighted by Crippen LogP contribution is 2.20. The molecular weight excluding hydrogens is 276 g/mol. The first-order chi connectivity index (χ1) is 10.6. The zero-order valence-corrected chi connectivity index (χ0v) is 12.8. The number of hydrogen-bond donors (Lipinski definition) is 2. The third kappa shape index (κ3) is 3.61. The van der Waals surface area contributed by atoms with Crippen LogP contribution in [-0.4, -0.2) is 21.9 Å². The molecule has 0 radical (unpaired) electrons. The summed E-state index contributed by atoms with van der Waals surface area (Å²) >= 11 is 0. The Balaban J connectivity index is 1.63. The van der Waals surface area contributed by atoms with E-state index in [1.807, 2.05) is 12.1 Å². The molecule has 0 unspecified atom stereocenters. The molecule has 1 aromatic heterocycles. The molecule has 0 bridgehead atoms. The second kappa shape index (κ2) is 6.13. The van der Waals surface area contributed by atoms with Crippen molar-refractivity contribution in [2.45, 2.75) is 38.6 Å². The summed E-state index contributed by atoms with van der Waals surface area (Å²) in [7, 11) is 0. The fourth-order valence-electron chi connectivity index (χ4n) is 2.09. The topological polar surface area (TPSA) is 66.9 Å². The number of aromatic nitrogens is 2. The van der Waals surface area contributed by atoms with Crippen LogP contribution in [0.25, 0.3) is 0 Å². The van der Waals surface area contributed by atoms with E-state index in [1.54, 1.807) is 12.4 Å². The number of hydrogen-bond acceptors (Lipinski definition) is 4. The summed E-state index contributed by atoms with van der Waals surface area (Å²) < 4.78 is 0. The number of carbonyl (C=O) groups excluding carboxylic acids is 1. The fraction of sp³-hybridized carbons (Fsp3) is 0.353. The van der Waals surface area contributed by atoms with Crippen LogP contribution < -0.4 is 10.6 Å². The lowest BCUT2D eigenvalue weighted by Gasteiger charge is -2.08. The minimum atomic E-state index is -0.102. The molecule has 1 fully saturated rings. The molecule has 0 saturated heterocycles. The molecule has 0 atom stereocenters. The lowest BCUT2D eigenvalue weighted by Crippen LogP contribution is -2.25. The standard InChI is InChI=1S/C17H20N4O/c1-11(2)12-3-5-15(6-4-12)21-17-18-9-13(10-19-17)16(22)20-14-7-8-14/h3-6,9-11,14H,7-8H2,1-2H3,(H,20,22)(H,18,19,21). The maximum atomic E-state index is 11.9. The molecule has 1 amide bonds. The molecule has 5 nitrogen and oxygen atoms in total. The van der Waals surface area contributed by atoms with Crippen LogP contribution in [0.15, 0.2) is 36.7 Å². The SMILES string of the molecule is CC(C)c1ccc(Nc2ncc(C(=O)NC3CC3)cn2)cc1. The van der Waals surface area contributed by atoms with Gasteiger partial charge in [-0.15, -0.1) is 0 Å². The maximum absolute atomic E-state index is 11.9. The number of nitrogens with one attached hydrogen (secondary N) is 2. The van der Waals surface area contributed by atoms with E-state index >= 15 is 0 Å². The monoisotopic (exact) mass is 296 g/mol. The quantitative estimate of drug-likeness (QED) is 0.889. The van der Waals surface area contributed by atoms with Gasteiger partial charge in [-0.25, -0.2) is 9.97 Å². The van der Waals surface area contributed by atoms with Gasteiger partial charge in [-0.2, -0.15) is 0 Å². The summed E-state index contributed by atoms with van der Waals surface area (Å²) in [4.78, 5) is 20.2. The Morgan fingerprint density at radius 1 is 1.14 bits per heavy atom. The molecule has 1 aromatic carbocycles. The van der Waals surface area contributed by atoms with Crippen molar-refractivity contribution in [1.82, 2.24) is 15.3 Å². The second-order valence-corrected chi connectivity index (χ2v) is 5.94. The number of benzene rings is 1. The molecule has 3 rings (SSSR count). The van der Waals surface area contributed by atoms with Gasteiger partial charge in [0.05, 0.1) is 5.56 Å². The number of nitrogens with zero attached hydrogens (tertiary/aromatic N) is 2. The summed E-state index contributed by atoms with van der Waals surface area (Å²) in [5, 5.41) is 6.05. The van der Waals surface area contributed by atoms with Gasteiger partial charge < -0.3 is 10.6 Å². The smallest absolute Gasteiger partial charge is 0.254 e. The van der Waals surface area contributed by atoms with E-state index in [0.717, 1.165) is 18.5 Å². The molecule has 0 aliphatic heterocycles. The second-order valence-electron chi connectivity index (χ2n) is 5.94. The average Bonchev–Trinajstić information content (AvgIpc) is 3.32. The van der Waals surface area contributed by atoms with Crippen LogP contribution in [0.2, 0.25) is 0 Å². The first-order valence-electron chi connectivity index (χ1n) is 7.62. The van der Waals surface area contributed by atoms with Gasteiger partial charge in [0.15, 0.2) is 0 Å². The molecule has 0 spiro atoms. The summed E-state index contributed by atoms with van der Waals surface area (Å²) in [6, 6.07) is 8.53. The van der Waals surface area contributed by atoms with Gasteiger partial charge in [-0.05, 0) is 36.5 Å². The average molecular weight is 296 g/mol. The van der Waals surface area contributed by atoms with Crippen molar-refractivity contribution in [2.75, 3.05) is 5.32 Å². The van der Waals surface area contributed by atoms with Crippen molar-refractivity contribution in [3.8, 4) is 0 Å². The van der Waals surface area contributed by atoms with Gasteiger partial charge in [0.25, 0.3) is 5.91 Å². The fourth-order valence-corrected chi connectivity index (χ4v) is 2.09. The summed E-state index contributed by atoms with van der Waals surface area (Å²) in [6.07, 6.45) is 5.24. The normalized spacial score (nSPS) is 14.0. The Morgan fingerprint density at radius 2 is 1.77 bits per heavy atom.